The first-order valence-corrected chi connectivity index (χ1v) is 10.8. The van der Waals surface area contributed by atoms with Crippen molar-refractivity contribution in [3.63, 3.8) is 0 Å². The maximum atomic E-state index is 13.3. The molecular formula is C26H28N2O4. The molecule has 0 saturated heterocycles. The summed E-state index contributed by atoms with van der Waals surface area (Å²) in [5.41, 5.74) is 2.99. The molecule has 6 heteroatoms. The number of nitrogens with zero attached hydrogens (tertiary/aromatic N) is 2. The third-order valence-electron chi connectivity index (χ3n) is 5.15. The molecule has 4 rings (SSSR count). The third-order valence-corrected chi connectivity index (χ3v) is 5.15. The van der Waals surface area contributed by atoms with Crippen molar-refractivity contribution in [3.05, 3.63) is 83.7 Å². The number of benzene rings is 2. The standard InChI is InChI=1S/C26H28N2O4/c1-19(2)17-30-23-6-3-20(4-7-23)15-28(16-21-9-11-27-12-10-21)26(29)14-22-5-8-24-25(13-22)32-18-31-24/h3-13,19H,14-18H2,1-2H3. The van der Waals surface area contributed by atoms with Crippen LogP contribution in [-0.2, 0) is 24.3 Å². The molecule has 32 heavy (non-hydrogen) atoms. The molecule has 0 atom stereocenters. The van der Waals surface area contributed by atoms with Crippen molar-refractivity contribution in [2.24, 2.45) is 5.92 Å². The molecule has 0 aliphatic carbocycles. The number of carbonyl (C=O) groups excluding carboxylic acids is 1. The van der Waals surface area contributed by atoms with E-state index in [1.807, 2.05) is 59.5 Å². The summed E-state index contributed by atoms with van der Waals surface area (Å²) in [4.78, 5) is 19.2. The number of fused-ring (bicyclic) bond motifs is 1. The molecule has 2 aromatic carbocycles. The summed E-state index contributed by atoms with van der Waals surface area (Å²) in [6.45, 7) is 6.17. The van der Waals surface area contributed by atoms with Crippen molar-refractivity contribution in [2.45, 2.75) is 33.4 Å². The van der Waals surface area contributed by atoms with Crippen LogP contribution >= 0.6 is 0 Å². The summed E-state index contributed by atoms with van der Waals surface area (Å²) in [7, 11) is 0. The Morgan fingerprint density at radius 3 is 2.31 bits per heavy atom. The van der Waals surface area contributed by atoms with Gasteiger partial charge in [-0.15, -0.1) is 0 Å². The number of carbonyl (C=O) groups is 1. The van der Waals surface area contributed by atoms with Gasteiger partial charge in [0, 0.05) is 25.5 Å². The molecule has 0 fully saturated rings. The smallest absolute Gasteiger partial charge is 0.231 e. The van der Waals surface area contributed by atoms with Gasteiger partial charge >= 0.3 is 0 Å². The van der Waals surface area contributed by atoms with Crippen LogP contribution in [0.25, 0.3) is 0 Å². The monoisotopic (exact) mass is 432 g/mol. The van der Waals surface area contributed by atoms with E-state index < -0.39 is 0 Å². The third kappa shape index (κ3) is 5.78. The molecule has 1 aliphatic rings. The fraction of sp³-hybridized carbons (Fsp3) is 0.308. The Balaban J connectivity index is 1.47. The van der Waals surface area contributed by atoms with E-state index >= 15 is 0 Å². The van der Waals surface area contributed by atoms with Crippen molar-refractivity contribution in [2.75, 3.05) is 13.4 Å². The molecule has 3 aromatic rings. The van der Waals surface area contributed by atoms with Crippen molar-refractivity contribution < 1.29 is 19.0 Å². The molecule has 0 radical (unpaired) electrons. The summed E-state index contributed by atoms with van der Waals surface area (Å²) in [5, 5.41) is 0. The van der Waals surface area contributed by atoms with Crippen LogP contribution in [0.2, 0.25) is 0 Å². The lowest BCUT2D eigenvalue weighted by molar-refractivity contribution is -0.131. The zero-order chi connectivity index (χ0) is 22.3. The summed E-state index contributed by atoms with van der Waals surface area (Å²) in [6.07, 6.45) is 3.78. The minimum Gasteiger partial charge on any atom is -0.493 e. The molecule has 0 saturated carbocycles. The second kappa shape index (κ2) is 10.2. The van der Waals surface area contributed by atoms with Gasteiger partial charge in [0.2, 0.25) is 12.7 Å². The Morgan fingerprint density at radius 2 is 1.59 bits per heavy atom. The largest absolute Gasteiger partial charge is 0.493 e. The molecule has 1 aromatic heterocycles. The van der Waals surface area contributed by atoms with E-state index in [1.165, 1.54) is 0 Å². The van der Waals surface area contributed by atoms with Crippen LogP contribution in [0.1, 0.15) is 30.5 Å². The van der Waals surface area contributed by atoms with Gasteiger partial charge in [-0.3, -0.25) is 9.78 Å². The highest BCUT2D eigenvalue weighted by molar-refractivity contribution is 5.79. The Bertz CT molecular complexity index is 1040. The van der Waals surface area contributed by atoms with E-state index in [0.29, 0.717) is 31.4 Å². The second-order valence-corrected chi connectivity index (χ2v) is 8.32. The van der Waals surface area contributed by atoms with Gasteiger partial charge in [-0.25, -0.2) is 0 Å². The minimum absolute atomic E-state index is 0.0424. The quantitative estimate of drug-likeness (QED) is 0.494. The SMILES string of the molecule is CC(C)COc1ccc(CN(Cc2ccncc2)C(=O)Cc2ccc3c(c2)OCO3)cc1. The van der Waals surface area contributed by atoms with Gasteiger partial charge in [-0.05, 0) is 59.0 Å². The lowest BCUT2D eigenvalue weighted by atomic mass is 10.1. The number of rotatable bonds is 9. The predicted molar refractivity (Wildman–Crippen MR) is 122 cm³/mol. The zero-order valence-corrected chi connectivity index (χ0v) is 18.5. The topological polar surface area (TPSA) is 60.9 Å². The molecule has 0 spiro atoms. The van der Waals surface area contributed by atoms with Crippen LogP contribution in [0.5, 0.6) is 17.2 Å². The van der Waals surface area contributed by atoms with E-state index in [4.69, 9.17) is 14.2 Å². The lowest BCUT2D eigenvalue weighted by Gasteiger charge is -2.23. The highest BCUT2D eigenvalue weighted by Crippen LogP contribution is 2.32. The van der Waals surface area contributed by atoms with E-state index in [-0.39, 0.29) is 19.1 Å². The highest BCUT2D eigenvalue weighted by atomic mass is 16.7. The summed E-state index contributed by atoms with van der Waals surface area (Å²) in [5.74, 6) is 2.76. The van der Waals surface area contributed by atoms with Crippen LogP contribution in [0.4, 0.5) is 0 Å². The molecule has 2 heterocycles. The van der Waals surface area contributed by atoms with Gasteiger partial charge in [0.15, 0.2) is 11.5 Å². The molecular weight excluding hydrogens is 404 g/mol. The van der Waals surface area contributed by atoms with Crippen LogP contribution in [0.15, 0.2) is 67.0 Å². The van der Waals surface area contributed by atoms with E-state index in [0.717, 1.165) is 28.2 Å². The maximum absolute atomic E-state index is 13.3. The molecule has 6 nitrogen and oxygen atoms in total. The van der Waals surface area contributed by atoms with Gasteiger partial charge in [-0.2, -0.15) is 0 Å². The number of aromatic nitrogens is 1. The first-order chi connectivity index (χ1) is 15.6. The van der Waals surface area contributed by atoms with Gasteiger partial charge in [0.05, 0.1) is 13.0 Å². The highest BCUT2D eigenvalue weighted by Gasteiger charge is 2.18. The summed E-state index contributed by atoms with van der Waals surface area (Å²) in [6, 6.07) is 17.5. The fourth-order valence-electron chi connectivity index (χ4n) is 3.45. The van der Waals surface area contributed by atoms with Crippen LogP contribution in [0, 0.1) is 5.92 Å². The fourth-order valence-corrected chi connectivity index (χ4v) is 3.45. The van der Waals surface area contributed by atoms with E-state index in [1.54, 1.807) is 12.4 Å². The summed E-state index contributed by atoms with van der Waals surface area (Å²) < 4.78 is 16.6. The second-order valence-electron chi connectivity index (χ2n) is 8.32. The van der Waals surface area contributed by atoms with Gasteiger partial charge in [-0.1, -0.05) is 32.0 Å². The molecule has 0 N–H and O–H groups in total. The Labute approximate surface area is 188 Å². The first-order valence-electron chi connectivity index (χ1n) is 10.8. The molecule has 0 unspecified atom stereocenters. The van der Waals surface area contributed by atoms with Crippen molar-refractivity contribution in [1.82, 2.24) is 9.88 Å². The van der Waals surface area contributed by atoms with Crippen LogP contribution in [-0.4, -0.2) is 29.2 Å². The molecule has 166 valence electrons. The molecule has 1 aliphatic heterocycles. The van der Waals surface area contributed by atoms with Gasteiger partial charge in [0.1, 0.15) is 5.75 Å². The molecule has 0 bridgehead atoms. The number of ether oxygens (including phenoxy) is 3. The maximum Gasteiger partial charge on any atom is 0.231 e. The van der Waals surface area contributed by atoms with Gasteiger partial charge < -0.3 is 19.1 Å². The average molecular weight is 433 g/mol. The lowest BCUT2D eigenvalue weighted by Crippen LogP contribution is -2.31. The van der Waals surface area contributed by atoms with Crippen LogP contribution < -0.4 is 14.2 Å². The van der Waals surface area contributed by atoms with Gasteiger partial charge in [0.25, 0.3) is 0 Å². The Kier molecular flexibility index (Phi) is 6.90. The Morgan fingerprint density at radius 1 is 0.938 bits per heavy atom. The molecule has 1 amide bonds. The van der Waals surface area contributed by atoms with Crippen molar-refractivity contribution in [3.8, 4) is 17.2 Å². The van der Waals surface area contributed by atoms with E-state index in [9.17, 15) is 4.79 Å². The predicted octanol–water partition coefficient (Wildman–Crippen LogP) is 4.62. The Hall–Kier alpha value is -3.54. The number of hydrogen-bond acceptors (Lipinski definition) is 5. The van der Waals surface area contributed by atoms with Crippen LogP contribution in [0.3, 0.4) is 0 Å². The number of hydrogen-bond donors (Lipinski definition) is 0. The van der Waals surface area contributed by atoms with Crippen molar-refractivity contribution in [1.29, 1.82) is 0 Å². The average Bonchev–Trinajstić information content (AvgIpc) is 3.27. The number of pyridine rings is 1. The van der Waals surface area contributed by atoms with Crippen molar-refractivity contribution >= 4 is 5.91 Å². The normalized spacial score (nSPS) is 12.1. The number of amides is 1. The minimum atomic E-state index is 0.0424. The van der Waals surface area contributed by atoms with E-state index in [2.05, 4.69) is 18.8 Å². The summed E-state index contributed by atoms with van der Waals surface area (Å²) >= 11 is 0. The first kappa shape index (κ1) is 21.7. The zero-order valence-electron chi connectivity index (χ0n) is 18.5.